The summed E-state index contributed by atoms with van der Waals surface area (Å²) in [5, 5.41) is 1.85. The van der Waals surface area contributed by atoms with Gasteiger partial charge in [-0.1, -0.05) is 24.3 Å². The molecule has 56 heavy (non-hydrogen) atoms. The van der Waals surface area contributed by atoms with Crippen LogP contribution in [0.2, 0.25) is 0 Å². The van der Waals surface area contributed by atoms with Crippen LogP contribution in [0.15, 0.2) is 144 Å². The standard InChI is InChI=1S/2C22H17N5O/c1-26-16-9-3-4-10-17(16)27(2)22(26)13-25-20-14-7-5-11-23-18(14)19-15(21(20)28-22)8-6-12-24-19;1-26-16-9-3-4-10-17(16)27(2)18(26)13-25-21-14-7-5-11-23-19(14)20-15(22(21)28)8-6-12-24-20/h2*3-13H,1-2H3. The van der Waals surface area contributed by atoms with Crippen molar-refractivity contribution in [3.8, 4) is 17.1 Å². The molecule has 0 unspecified atom stereocenters. The predicted molar refractivity (Wildman–Crippen MR) is 221 cm³/mol. The largest absolute Gasteiger partial charge is 0.442 e. The molecule has 4 aromatic heterocycles. The van der Waals surface area contributed by atoms with Crippen molar-refractivity contribution in [2.24, 2.45) is 9.98 Å². The van der Waals surface area contributed by atoms with Gasteiger partial charge in [-0.3, -0.25) is 24.7 Å². The number of pyridine rings is 4. The average Bonchev–Trinajstić information content (AvgIpc) is 3.62. The molecule has 4 aliphatic rings. The number of carbonyl (C=O) groups is 1. The number of ether oxygens (including phenoxy) is 1. The minimum atomic E-state index is -0.824. The number of hydrogen-bond acceptors (Lipinski definition) is 12. The molecule has 3 aliphatic heterocycles. The summed E-state index contributed by atoms with van der Waals surface area (Å²) in [6.07, 6.45) is 10.6. The highest BCUT2D eigenvalue weighted by molar-refractivity contribution is 6.54. The summed E-state index contributed by atoms with van der Waals surface area (Å²) in [6.45, 7) is 0. The molecule has 0 fully saturated rings. The molecule has 0 saturated heterocycles. The van der Waals surface area contributed by atoms with Crippen molar-refractivity contribution in [1.82, 2.24) is 19.9 Å². The Balaban J connectivity index is 0.000000137. The van der Waals surface area contributed by atoms with E-state index in [-0.39, 0.29) is 5.78 Å². The van der Waals surface area contributed by atoms with Gasteiger partial charge in [0, 0.05) is 69.3 Å². The molecule has 1 aliphatic carbocycles. The molecular weight excluding hydrogens is 701 g/mol. The van der Waals surface area contributed by atoms with Crippen molar-refractivity contribution in [3.05, 3.63) is 145 Å². The number of Topliss-reactive ketones (excluding diaryl/α,β-unsaturated/α-hetero) is 1. The van der Waals surface area contributed by atoms with E-state index in [2.05, 4.69) is 68.8 Å². The van der Waals surface area contributed by atoms with Gasteiger partial charge in [0.15, 0.2) is 5.75 Å². The molecule has 12 heteroatoms. The maximum atomic E-state index is 13.1. The van der Waals surface area contributed by atoms with E-state index in [4.69, 9.17) is 9.73 Å². The first-order chi connectivity index (χ1) is 27.4. The van der Waals surface area contributed by atoms with Gasteiger partial charge in [0.2, 0.25) is 5.78 Å². The van der Waals surface area contributed by atoms with E-state index in [0.717, 1.165) is 61.8 Å². The highest BCUT2D eigenvalue weighted by Crippen LogP contribution is 2.51. The molecule has 272 valence electrons. The van der Waals surface area contributed by atoms with E-state index in [1.807, 2.05) is 95.1 Å². The van der Waals surface area contributed by atoms with Gasteiger partial charge >= 0.3 is 5.85 Å². The topological polar surface area (TPSA) is 116 Å². The first-order valence-corrected chi connectivity index (χ1v) is 18.1. The molecule has 0 saturated carbocycles. The molecule has 0 amide bonds. The molecule has 1 spiro atoms. The molecule has 3 aromatic carbocycles. The summed E-state index contributed by atoms with van der Waals surface area (Å²) < 4.78 is 6.74. The summed E-state index contributed by atoms with van der Waals surface area (Å²) >= 11 is 0. The number of benzene rings is 3. The van der Waals surface area contributed by atoms with Gasteiger partial charge in [0.25, 0.3) is 0 Å². The predicted octanol–water partition coefficient (Wildman–Crippen LogP) is 7.63. The molecule has 7 heterocycles. The lowest BCUT2D eigenvalue weighted by Crippen LogP contribution is -2.61. The Hall–Kier alpha value is -7.47. The minimum Gasteiger partial charge on any atom is -0.442 e. The number of rotatable bonds is 1. The van der Waals surface area contributed by atoms with Crippen molar-refractivity contribution in [2.75, 3.05) is 47.8 Å². The van der Waals surface area contributed by atoms with Crippen molar-refractivity contribution in [2.45, 2.75) is 5.85 Å². The lowest BCUT2D eigenvalue weighted by molar-refractivity contribution is 0.106. The molecule has 0 N–H and O–H groups in total. The van der Waals surface area contributed by atoms with E-state index in [1.165, 1.54) is 0 Å². The van der Waals surface area contributed by atoms with Crippen LogP contribution in [0, 0.1) is 0 Å². The van der Waals surface area contributed by atoms with Gasteiger partial charge in [0.05, 0.1) is 51.9 Å². The zero-order valence-corrected chi connectivity index (χ0v) is 31.0. The first-order valence-electron chi connectivity index (χ1n) is 18.1. The fraction of sp³-hybridized carbons (Fsp3) is 0.114. The molecule has 0 bridgehead atoms. The maximum Gasteiger partial charge on any atom is 0.302 e. The monoisotopic (exact) mass is 734 g/mol. The summed E-state index contributed by atoms with van der Waals surface area (Å²) in [5.41, 5.74) is 9.78. The molecule has 0 radical (unpaired) electrons. The highest BCUT2D eigenvalue weighted by atomic mass is 16.5. The van der Waals surface area contributed by atoms with Gasteiger partial charge in [-0.25, -0.2) is 9.98 Å². The fourth-order valence-electron chi connectivity index (χ4n) is 8.02. The van der Waals surface area contributed by atoms with E-state index in [0.29, 0.717) is 28.2 Å². The van der Waals surface area contributed by atoms with Crippen LogP contribution in [-0.2, 0) is 0 Å². The van der Waals surface area contributed by atoms with Crippen molar-refractivity contribution in [1.29, 1.82) is 0 Å². The van der Waals surface area contributed by atoms with Crippen LogP contribution in [0.4, 0.5) is 28.4 Å². The number of para-hydroxylation sites is 4. The third kappa shape index (κ3) is 4.75. The number of fused-ring (bicyclic) bond motifs is 11. The van der Waals surface area contributed by atoms with Gasteiger partial charge < -0.3 is 24.3 Å². The SMILES string of the molecule is CN1C(=CN=C2C(=O)c3cccnc3-c3ncccc32)N(C)c2ccccc21.CN1c2ccccc2N(C)C12C=Nc1c(c3cccnc3c3ncccc13)O2. The van der Waals surface area contributed by atoms with E-state index in [9.17, 15) is 4.79 Å². The number of carbonyl (C=O) groups excluding carboxylic acids is 1. The Kier molecular flexibility index (Phi) is 7.43. The van der Waals surface area contributed by atoms with Crippen LogP contribution in [0.5, 0.6) is 5.75 Å². The summed E-state index contributed by atoms with van der Waals surface area (Å²) in [5.74, 6) is 0.665. The van der Waals surface area contributed by atoms with E-state index < -0.39 is 5.85 Å². The van der Waals surface area contributed by atoms with E-state index in [1.54, 1.807) is 43.1 Å². The number of ketones is 1. The van der Waals surface area contributed by atoms with Gasteiger partial charge in [-0.05, 0) is 72.8 Å². The van der Waals surface area contributed by atoms with Crippen molar-refractivity contribution < 1.29 is 9.53 Å². The van der Waals surface area contributed by atoms with Crippen LogP contribution in [0.25, 0.3) is 33.2 Å². The van der Waals surface area contributed by atoms with Crippen LogP contribution in [-0.4, -0.2) is 71.7 Å². The van der Waals surface area contributed by atoms with E-state index >= 15 is 0 Å². The molecular formula is C44H34N10O2. The Morgan fingerprint density at radius 3 is 1.77 bits per heavy atom. The Bertz CT molecular complexity index is 2810. The quantitative estimate of drug-likeness (QED) is 0.156. The lowest BCUT2D eigenvalue weighted by atomic mass is 9.90. The van der Waals surface area contributed by atoms with Crippen molar-refractivity contribution >= 4 is 68.0 Å². The Labute approximate surface area is 322 Å². The number of aliphatic imine (C=N–C) groups is 2. The average molecular weight is 735 g/mol. The number of aromatic nitrogens is 4. The van der Waals surface area contributed by atoms with Crippen LogP contribution >= 0.6 is 0 Å². The third-order valence-electron chi connectivity index (χ3n) is 10.9. The highest BCUT2D eigenvalue weighted by Gasteiger charge is 2.50. The second kappa shape index (κ2) is 12.6. The summed E-state index contributed by atoms with van der Waals surface area (Å²) in [7, 11) is 8.04. The normalized spacial score (nSPS) is 16.3. The Morgan fingerprint density at radius 2 is 1.12 bits per heavy atom. The Morgan fingerprint density at radius 1 is 0.607 bits per heavy atom. The molecule has 7 aromatic rings. The minimum absolute atomic E-state index is 0.138. The number of hydrogen-bond donors (Lipinski definition) is 0. The van der Waals surface area contributed by atoms with Crippen molar-refractivity contribution in [3.63, 3.8) is 0 Å². The summed E-state index contributed by atoms with van der Waals surface area (Å²) in [6, 6.07) is 31.5. The zero-order chi connectivity index (χ0) is 38.1. The van der Waals surface area contributed by atoms with Crippen LogP contribution in [0.1, 0.15) is 15.9 Å². The van der Waals surface area contributed by atoms with Crippen LogP contribution in [0.3, 0.4) is 0 Å². The first kappa shape index (κ1) is 33.1. The molecule has 0 atom stereocenters. The van der Waals surface area contributed by atoms with Gasteiger partial charge in [-0.2, -0.15) is 0 Å². The van der Waals surface area contributed by atoms with Gasteiger partial charge in [0.1, 0.15) is 28.4 Å². The van der Waals surface area contributed by atoms with Crippen LogP contribution < -0.4 is 24.3 Å². The number of nitrogens with zero attached hydrogens (tertiary/aromatic N) is 10. The smallest absolute Gasteiger partial charge is 0.302 e. The lowest BCUT2D eigenvalue weighted by Gasteiger charge is -2.41. The summed E-state index contributed by atoms with van der Waals surface area (Å²) in [4.78, 5) is 48.9. The maximum absolute atomic E-state index is 13.1. The second-order valence-corrected chi connectivity index (χ2v) is 13.8. The second-order valence-electron chi connectivity index (χ2n) is 13.8. The van der Waals surface area contributed by atoms with Gasteiger partial charge in [-0.15, -0.1) is 0 Å². The number of anilines is 4. The molecule has 11 rings (SSSR count). The fourth-order valence-corrected chi connectivity index (χ4v) is 8.02. The third-order valence-corrected chi connectivity index (χ3v) is 10.9. The zero-order valence-electron chi connectivity index (χ0n) is 31.0. The molecule has 12 nitrogen and oxygen atoms in total.